The second-order valence-corrected chi connectivity index (χ2v) is 7.43. The van der Waals surface area contributed by atoms with E-state index in [1.165, 1.54) is 0 Å². The van der Waals surface area contributed by atoms with Crippen molar-refractivity contribution in [3.05, 3.63) is 106 Å². The molecule has 4 aromatic rings. The van der Waals surface area contributed by atoms with Crippen molar-refractivity contribution in [2.45, 2.75) is 26.8 Å². The van der Waals surface area contributed by atoms with Gasteiger partial charge in [0, 0.05) is 18.8 Å². The molecule has 4 heteroatoms. The smallest absolute Gasteiger partial charge is 0.262 e. The molecule has 0 bridgehead atoms. The first-order chi connectivity index (χ1) is 14.6. The van der Waals surface area contributed by atoms with Crippen LogP contribution in [0.3, 0.4) is 0 Å². The maximum atomic E-state index is 13.8. The highest BCUT2D eigenvalue weighted by Crippen LogP contribution is 2.27. The van der Waals surface area contributed by atoms with Crippen LogP contribution in [0.2, 0.25) is 0 Å². The van der Waals surface area contributed by atoms with Gasteiger partial charge in [0.05, 0.1) is 16.9 Å². The molecule has 1 heterocycles. The Hall–Kier alpha value is -3.40. The van der Waals surface area contributed by atoms with Gasteiger partial charge in [-0.2, -0.15) is 0 Å². The van der Waals surface area contributed by atoms with E-state index in [1.54, 1.807) is 0 Å². The summed E-state index contributed by atoms with van der Waals surface area (Å²) in [4.78, 5) is 20.8. The van der Waals surface area contributed by atoms with E-state index in [-0.39, 0.29) is 11.6 Å². The lowest BCUT2D eigenvalue weighted by Crippen LogP contribution is -2.30. The van der Waals surface area contributed by atoms with E-state index >= 15 is 0 Å². The molecule has 4 nitrogen and oxygen atoms in total. The summed E-state index contributed by atoms with van der Waals surface area (Å²) >= 11 is 0. The van der Waals surface area contributed by atoms with Crippen molar-refractivity contribution in [2.75, 3.05) is 18.0 Å². The molecule has 0 unspecified atom stereocenters. The Morgan fingerprint density at radius 2 is 1.43 bits per heavy atom. The van der Waals surface area contributed by atoms with Crippen LogP contribution >= 0.6 is 0 Å². The second kappa shape index (κ2) is 8.54. The molecule has 0 fully saturated rings. The third-order valence-electron chi connectivity index (χ3n) is 5.68. The number of fused-ring (bicyclic) bond motifs is 1. The molecule has 0 aliphatic carbocycles. The van der Waals surface area contributed by atoms with E-state index in [2.05, 4.69) is 49.1 Å². The number of benzene rings is 3. The van der Waals surface area contributed by atoms with Crippen molar-refractivity contribution >= 4 is 16.6 Å². The van der Waals surface area contributed by atoms with E-state index in [0.717, 1.165) is 35.4 Å². The summed E-state index contributed by atoms with van der Waals surface area (Å²) in [6, 6.07) is 26.1. The van der Waals surface area contributed by atoms with Crippen molar-refractivity contribution in [1.82, 2.24) is 9.55 Å². The van der Waals surface area contributed by atoms with Crippen LogP contribution in [0.15, 0.2) is 83.7 Å². The van der Waals surface area contributed by atoms with Gasteiger partial charge in [0.25, 0.3) is 5.56 Å². The third kappa shape index (κ3) is 3.61. The first kappa shape index (κ1) is 19.9. The predicted octanol–water partition coefficient (Wildman–Crippen LogP) is 5.19. The van der Waals surface area contributed by atoms with E-state index in [0.29, 0.717) is 11.2 Å². The summed E-state index contributed by atoms with van der Waals surface area (Å²) in [5.41, 5.74) is 3.91. The monoisotopic (exact) mass is 397 g/mol. The Kier molecular flexibility index (Phi) is 5.66. The maximum absolute atomic E-state index is 13.8. The van der Waals surface area contributed by atoms with Gasteiger partial charge in [0.2, 0.25) is 0 Å². The number of anilines is 1. The van der Waals surface area contributed by atoms with Gasteiger partial charge in [-0.05, 0) is 50.1 Å². The van der Waals surface area contributed by atoms with Gasteiger partial charge in [-0.25, -0.2) is 4.98 Å². The molecule has 0 amide bonds. The predicted molar refractivity (Wildman–Crippen MR) is 124 cm³/mol. The van der Waals surface area contributed by atoms with Crippen LogP contribution in [0.1, 0.15) is 36.8 Å². The van der Waals surface area contributed by atoms with E-state index in [9.17, 15) is 4.79 Å². The molecule has 0 aliphatic heterocycles. The SMILES string of the molecule is CCN(CC)c1ccc2nc(C)n(C(c3ccccc3)c3ccccc3)c(=O)c2c1. The molecular formula is C26H27N3O. The molecule has 0 aliphatic rings. The van der Waals surface area contributed by atoms with Gasteiger partial charge in [0.1, 0.15) is 5.82 Å². The zero-order valence-corrected chi connectivity index (χ0v) is 17.7. The molecule has 0 radical (unpaired) electrons. The van der Waals surface area contributed by atoms with Gasteiger partial charge >= 0.3 is 0 Å². The first-order valence-electron chi connectivity index (χ1n) is 10.5. The van der Waals surface area contributed by atoms with Crippen LogP contribution in [-0.2, 0) is 0 Å². The van der Waals surface area contributed by atoms with E-state index in [4.69, 9.17) is 4.98 Å². The van der Waals surface area contributed by atoms with Gasteiger partial charge in [0.15, 0.2) is 0 Å². The summed E-state index contributed by atoms with van der Waals surface area (Å²) in [6.45, 7) is 7.96. The fourth-order valence-electron chi connectivity index (χ4n) is 4.15. The fraction of sp³-hybridized carbons (Fsp3) is 0.231. The molecule has 3 aromatic carbocycles. The largest absolute Gasteiger partial charge is 0.372 e. The van der Waals surface area contributed by atoms with Crippen LogP contribution in [-0.4, -0.2) is 22.6 Å². The number of aromatic nitrogens is 2. The first-order valence-corrected chi connectivity index (χ1v) is 10.5. The van der Waals surface area contributed by atoms with Crippen molar-refractivity contribution in [1.29, 1.82) is 0 Å². The van der Waals surface area contributed by atoms with Crippen LogP contribution in [0.5, 0.6) is 0 Å². The highest BCUT2D eigenvalue weighted by Gasteiger charge is 2.21. The quantitative estimate of drug-likeness (QED) is 0.449. The lowest BCUT2D eigenvalue weighted by Gasteiger charge is -2.24. The second-order valence-electron chi connectivity index (χ2n) is 7.43. The zero-order chi connectivity index (χ0) is 21.1. The van der Waals surface area contributed by atoms with Crippen LogP contribution in [0.25, 0.3) is 10.9 Å². The Labute approximate surface area is 177 Å². The Morgan fingerprint density at radius 3 is 1.97 bits per heavy atom. The lowest BCUT2D eigenvalue weighted by atomic mass is 9.98. The van der Waals surface area contributed by atoms with Crippen molar-refractivity contribution < 1.29 is 0 Å². The summed E-state index contributed by atoms with van der Waals surface area (Å²) in [7, 11) is 0. The summed E-state index contributed by atoms with van der Waals surface area (Å²) in [6.07, 6.45) is 0. The molecular weight excluding hydrogens is 370 g/mol. The van der Waals surface area contributed by atoms with Crippen LogP contribution < -0.4 is 10.5 Å². The van der Waals surface area contributed by atoms with Crippen molar-refractivity contribution in [2.24, 2.45) is 0 Å². The Bertz CT molecular complexity index is 1160. The summed E-state index contributed by atoms with van der Waals surface area (Å²) < 4.78 is 1.83. The van der Waals surface area contributed by atoms with Crippen molar-refractivity contribution in [3.63, 3.8) is 0 Å². The minimum atomic E-state index is -0.228. The number of hydrogen-bond acceptors (Lipinski definition) is 3. The summed E-state index contributed by atoms with van der Waals surface area (Å²) in [5, 5.41) is 0.655. The molecule has 0 saturated carbocycles. The number of rotatable bonds is 6. The third-order valence-corrected chi connectivity index (χ3v) is 5.68. The van der Waals surface area contributed by atoms with Crippen LogP contribution in [0, 0.1) is 6.92 Å². The molecule has 0 N–H and O–H groups in total. The number of hydrogen-bond donors (Lipinski definition) is 0. The summed E-state index contributed by atoms with van der Waals surface area (Å²) in [5.74, 6) is 0.709. The van der Waals surface area contributed by atoms with E-state index < -0.39 is 0 Å². The number of aryl methyl sites for hydroxylation is 1. The molecule has 0 spiro atoms. The molecule has 152 valence electrons. The highest BCUT2D eigenvalue weighted by atomic mass is 16.1. The normalized spacial score (nSPS) is 11.2. The average molecular weight is 398 g/mol. The molecule has 0 saturated heterocycles. The molecule has 30 heavy (non-hydrogen) atoms. The Balaban J connectivity index is 1.98. The van der Waals surface area contributed by atoms with Crippen molar-refractivity contribution in [3.8, 4) is 0 Å². The van der Waals surface area contributed by atoms with Crippen LogP contribution in [0.4, 0.5) is 5.69 Å². The van der Waals surface area contributed by atoms with Gasteiger partial charge < -0.3 is 4.90 Å². The van der Waals surface area contributed by atoms with Gasteiger partial charge in [-0.15, -0.1) is 0 Å². The molecule has 4 rings (SSSR count). The number of nitrogens with zero attached hydrogens (tertiary/aromatic N) is 3. The molecule has 0 atom stereocenters. The Morgan fingerprint density at radius 1 is 0.867 bits per heavy atom. The topological polar surface area (TPSA) is 38.1 Å². The minimum Gasteiger partial charge on any atom is -0.372 e. The average Bonchev–Trinajstić information content (AvgIpc) is 2.79. The lowest BCUT2D eigenvalue weighted by molar-refractivity contribution is 0.619. The molecule has 1 aromatic heterocycles. The fourth-order valence-corrected chi connectivity index (χ4v) is 4.15. The van der Waals surface area contributed by atoms with Gasteiger partial charge in [-0.1, -0.05) is 60.7 Å². The highest BCUT2D eigenvalue weighted by molar-refractivity contribution is 5.82. The van der Waals surface area contributed by atoms with E-state index in [1.807, 2.05) is 60.0 Å². The van der Waals surface area contributed by atoms with Gasteiger partial charge in [-0.3, -0.25) is 9.36 Å². The standard InChI is InChI=1S/C26H27N3O/c1-4-28(5-2)22-16-17-24-23(18-22)26(30)29(19(3)27-24)25(20-12-8-6-9-13-20)21-14-10-7-11-15-21/h6-18,25H,4-5H2,1-3H3. The maximum Gasteiger partial charge on any atom is 0.262 e. The minimum absolute atomic E-state index is 0.00999. The zero-order valence-electron chi connectivity index (χ0n) is 17.7.